The van der Waals surface area contributed by atoms with Gasteiger partial charge in [-0.3, -0.25) is 4.79 Å². The van der Waals surface area contributed by atoms with Crippen molar-refractivity contribution < 1.29 is 9.53 Å². The number of carbonyl (C=O) groups excluding carboxylic acids is 1. The van der Waals surface area contributed by atoms with Crippen molar-refractivity contribution >= 4 is 5.91 Å². The van der Waals surface area contributed by atoms with E-state index in [0.717, 1.165) is 25.7 Å². The van der Waals surface area contributed by atoms with Gasteiger partial charge in [0.05, 0.1) is 12.6 Å². The molecule has 4 heteroatoms. The van der Waals surface area contributed by atoms with E-state index in [9.17, 15) is 4.79 Å². The van der Waals surface area contributed by atoms with E-state index in [2.05, 4.69) is 10.6 Å². The van der Waals surface area contributed by atoms with Crippen LogP contribution in [0.4, 0.5) is 0 Å². The first kappa shape index (κ1) is 11.9. The molecular formula is C12H22N2O2. The Morgan fingerprint density at radius 2 is 1.94 bits per heavy atom. The van der Waals surface area contributed by atoms with E-state index in [1.165, 1.54) is 12.8 Å². The van der Waals surface area contributed by atoms with E-state index in [0.29, 0.717) is 24.7 Å². The standard InChI is InChI=1S/C12H22N2O2/c1-16-11-6-10(7-11)13-8-12(15)14-9-4-2-3-5-9/h9-11,13H,2-8H2,1H3,(H,14,15). The SMILES string of the molecule is COC1CC(NCC(=O)NC2CCCC2)C1. The molecule has 0 aliphatic heterocycles. The fourth-order valence-corrected chi connectivity index (χ4v) is 2.51. The number of ether oxygens (including phenoxy) is 1. The van der Waals surface area contributed by atoms with Crippen molar-refractivity contribution in [1.29, 1.82) is 0 Å². The van der Waals surface area contributed by atoms with Crippen LogP contribution in [-0.4, -0.2) is 37.7 Å². The molecule has 0 unspecified atom stereocenters. The van der Waals surface area contributed by atoms with E-state index < -0.39 is 0 Å². The molecule has 2 rings (SSSR count). The zero-order valence-electron chi connectivity index (χ0n) is 10.00. The lowest BCUT2D eigenvalue weighted by molar-refractivity contribution is -0.121. The lowest BCUT2D eigenvalue weighted by Crippen LogP contribution is -2.49. The maximum atomic E-state index is 11.6. The maximum Gasteiger partial charge on any atom is 0.234 e. The van der Waals surface area contributed by atoms with E-state index in [4.69, 9.17) is 4.74 Å². The Morgan fingerprint density at radius 1 is 1.25 bits per heavy atom. The Bertz CT molecular complexity index is 233. The molecule has 2 fully saturated rings. The summed E-state index contributed by atoms with van der Waals surface area (Å²) in [7, 11) is 1.74. The minimum atomic E-state index is 0.146. The number of hydrogen-bond donors (Lipinski definition) is 2. The number of rotatable bonds is 5. The molecule has 2 aliphatic carbocycles. The van der Waals surface area contributed by atoms with Crippen molar-refractivity contribution in [2.45, 2.75) is 56.7 Å². The number of carbonyl (C=O) groups is 1. The number of amides is 1. The smallest absolute Gasteiger partial charge is 0.234 e. The van der Waals surface area contributed by atoms with Gasteiger partial charge in [0.2, 0.25) is 5.91 Å². The van der Waals surface area contributed by atoms with Crippen LogP contribution in [0.3, 0.4) is 0 Å². The van der Waals surface area contributed by atoms with Gasteiger partial charge in [-0.05, 0) is 25.7 Å². The molecule has 2 N–H and O–H groups in total. The van der Waals surface area contributed by atoms with E-state index in [-0.39, 0.29) is 5.91 Å². The van der Waals surface area contributed by atoms with Gasteiger partial charge in [0.25, 0.3) is 0 Å². The second-order valence-electron chi connectivity index (χ2n) is 4.96. The first-order chi connectivity index (χ1) is 7.78. The van der Waals surface area contributed by atoms with Crippen molar-refractivity contribution in [2.24, 2.45) is 0 Å². The van der Waals surface area contributed by atoms with Crippen molar-refractivity contribution in [2.75, 3.05) is 13.7 Å². The first-order valence-corrected chi connectivity index (χ1v) is 6.33. The van der Waals surface area contributed by atoms with Crippen LogP contribution in [0.2, 0.25) is 0 Å². The van der Waals surface area contributed by atoms with Gasteiger partial charge in [0.15, 0.2) is 0 Å². The Balaban J connectivity index is 1.54. The number of hydrogen-bond acceptors (Lipinski definition) is 3. The third kappa shape index (κ3) is 3.19. The molecule has 0 saturated heterocycles. The minimum absolute atomic E-state index is 0.146. The molecule has 0 aromatic heterocycles. The van der Waals surface area contributed by atoms with Crippen LogP contribution >= 0.6 is 0 Å². The summed E-state index contributed by atoms with van der Waals surface area (Å²) in [5.74, 6) is 0.146. The third-order valence-corrected chi connectivity index (χ3v) is 3.70. The van der Waals surface area contributed by atoms with Crippen molar-refractivity contribution in [1.82, 2.24) is 10.6 Å². The molecule has 0 aromatic rings. The van der Waals surface area contributed by atoms with Gasteiger partial charge in [0.1, 0.15) is 0 Å². The summed E-state index contributed by atoms with van der Waals surface area (Å²) in [5.41, 5.74) is 0. The van der Waals surface area contributed by atoms with Crippen molar-refractivity contribution in [3.05, 3.63) is 0 Å². The van der Waals surface area contributed by atoms with Gasteiger partial charge in [-0.15, -0.1) is 0 Å². The zero-order chi connectivity index (χ0) is 11.4. The lowest BCUT2D eigenvalue weighted by atomic mass is 9.89. The number of nitrogens with one attached hydrogen (secondary N) is 2. The van der Waals surface area contributed by atoms with Gasteiger partial charge in [-0.2, -0.15) is 0 Å². The van der Waals surface area contributed by atoms with Gasteiger partial charge in [0, 0.05) is 19.2 Å². The molecule has 0 spiro atoms. The third-order valence-electron chi connectivity index (χ3n) is 3.70. The normalized spacial score (nSPS) is 30.1. The predicted octanol–water partition coefficient (Wildman–Crippen LogP) is 0.812. The van der Waals surface area contributed by atoms with Gasteiger partial charge in [-0.1, -0.05) is 12.8 Å². The summed E-state index contributed by atoms with van der Waals surface area (Å²) in [6.45, 7) is 0.456. The largest absolute Gasteiger partial charge is 0.381 e. The molecule has 0 radical (unpaired) electrons. The molecular weight excluding hydrogens is 204 g/mol. The summed E-state index contributed by atoms with van der Waals surface area (Å²) in [6.07, 6.45) is 7.30. The van der Waals surface area contributed by atoms with Gasteiger partial charge >= 0.3 is 0 Å². The fourth-order valence-electron chi connectivity index (χ4n) is 2.51. The van der Waals surface area contributed by atoms with Crippen LogP contribution in [0.15, 0.2) is 0 Å². The zero-order valence-corrected chi connectivity index (χ0v) is 10.00. The Labute approximate surface area is 97.1 Å². The monoisotopic (exact) mass is 226 g/mol. The van der Waals surface area contributed by atoms with E-state index in [1.807, 2.05) is 0 Å². The van der Waals surface area contributed by atoms with Crippen LogP contribution in [0.1, 0.15) is 38.5 Å². The summed E-state index contributed by atoms with van der Waals surface area (Å²) >= 11 is 0. The second kappa shape index (κ2) is 5.64. The first-order valence-electron chi connectivity index (χ1n) is 6.33. The molecule has 1 amide bonds. The van der Waals surface area contributed by atoms with E-state index in [1.54, 1.807) is 7.11 Å². The van der Waals surface area contributed by atoms with Crippen LogP contribution in [-0.2, 0) is 9.53 Å². The predicted molar refractivity (Wildman–Crippen MR) is 62.2 cm³/mol. The molecule has 2 saturated carbocycles. The molecule has 0 bridgehead atoms. The molecule has 0 aromatic carbocycles. The number of methoxy groups -OCH3 is 1. The molecule has 16 heavy (non-hydrogen) atoms. The molecule has 92 valence electrons. The molecule has 2 aliphatic rings. The quantitative estimate of drug-likeness (QED) is 0.729. The molecule has 0 heterocycles. The highest BCUT2D eigenvalue weighted by atomic mass is 16.5. The van der Waals surface area contributed by atoms with Crippen LogP contribution < -0.4 is 10.6 Å². The van der Waals surface area contributed by atoms with Crippen LogP contribution in [0.5, 0.6) is 0 Å². The molecule has 0 atom stereocenters. The summed E-state index contributed by atoms with van der Waals surface area (Å²) < 4.78 is 5.19. The maximum absolute atomic E-state index is 11.6. The summed E-state index contributed by atoms with van der Waals surface area (Å²) in [5, 5.41) is 6.34. The fraction of sp³-hybridized carbons (Fsp3) is 0.917. The average molecular weight is 226 g/mol. The lowest BCUT2D eigenvalue weighted by Gasteiger charge is -2.34. The Morgan fingerprint density at radius 3 is 2.56 bits per heavy atom. The van der Waals surface area contributed by atoms with Gasteiger partial charge < -0.3 is 15.4 Å². The van der Waals surface area contributed by atoms with E-state index >= 15 is 0 Å². The average Bonchev–Trinajstić information content (AvgIpc) is 2.68. The van der Waals surface area contributed by atoms with Gasteiger partial charge in [-0.25, -0.2) is 0 Å². The highest BCUT2D eigenvalue weighted by molar-refractivity contribution is 5.78. The van der Waals surface area contributed by atoms with Crippen molar-refractivity contribution in [3.8, 4) is 0 Å². The topological polar surface area (TPSA) is 50.4 Å². The summed E-state index contributed by atoms with van der Waals surface area (Å²) in [6, 6.07) is 0.904. The van der Waals surface area contributed by atoms with Crippen LogP contribution in [0, 0.1) is 0 Å². The Kier molecular flexibility index (Phi) is 4.18. The highest BCUT2D eigenvalue weighted by Crippen LogP contribution is 2.22. The minimum Gasteiger partial charge on any atom is -0.381 e. The van der Waals surface area contributed by atoms with Crippen molar-refractivity contribution in [3.63, 3.8) is 0 Å². The highest BCUT2D eigenvalue weighted by Gasteiger charge is 2.28. The Hall–Kier alpha value is -0.610. The molecule has 4 nitrogen and oxygen atoms in total. The van der Waals surface area contributed by atoms with Crippen LogP contribution in [0.25, 0.3) is 0 Å². The second-order valence-corrected chi connectivity index (χ2v) is 4.96. The summed E-state index contributed by atoms with van der Waals surface area (Å²) in [4.78, 5) is 11.6.